The van der Waals surface area contributed by atoms with E-state index in [2.05, 4.69) is 5.32 Å². The molecule has 126 valence electrons. The average Bonchev–Trinajstić information content (AvgIpc) is 2.54. The predicted octanol–water partition coefficient (Wildman–Crippen LogP) is 0.342. The zero-order chi connectivity index (χ0) is 17.0. The Kier molecular flexibility index (Phi) is 6.22. The maximum atomic E-state index is 12.3. The molecule has 2 amide bonds. The molecule has 2 rings (SSSR count). The van der Waals surface area contributed by atoms with Crippen LogP contribution in [0.2, 0.25) is 0 Å². The Hall–Kier alpha value is -1.36. The Labute approximate surface area is 141 Å². The average molecular weight is 382 g/mol. The third-order valence-electron chi connectivity index (χ3n) is 4.48. The van der Waals surface area contributed by atoms with Crippen LogP contribution in [0.15, 0.2) is 24.3 Å². The topological polar surface area (TPSA) is 89.9 Å². The summed E-state index contributed by atoms with van der Waals surface area (Å²) in [7, 11) is 1.81. The van der Waals surface area contributed by atoms with Gasteiger partial charge in [0.15, 0.2) is 0 Å². The van der Waals surface area contributed by atoms with Crippen molar-refractivity contribution in [2.45, 2.75) is 38.6 Å². The molecule has 1 aromatic rings. The normalized spacial score (nSPS) is 21.1. The van der Waals surface area contributed by atoms with E-state index in [1.165, 1.54) is 0 Å². The second kappa shape index (κ2) is 7.95. The van der Waals surface area contributed by atoms with E-state index in [0.717, 1.165) is 25.7 Å². The minimum atomic E-state index is -2.85. The fraction of sp³-hybridized carbons (Fsp3) is 0.500. The van der Waals surface area contributed by atoms with Gasteiger partial charge in [-0.15, -0.1) is 0 Å². The Bertz CT molecular complexity index is 554. The number of anilines is 1. The van der Waals surface area contributed by atoms with Crippen LogP contribution in [0.5, 0.6) is 0 Å². The van der Waals surface area contributed by atoms with Gasteiger partial charge in [0, 0.05) is 6.92 Å². The molecule has 0 spiro atoms. The Morgan fingerprint density at radius 2 is 1.70 bits per heavy atom. The first-order valence-electron chi connectivity index (χ1n) is 7.70. The Morgan fingerprint density at radius 3 is 2.17 bits per heavy atom. The maximum absolute atomic E-state index is 12.3. The second-order valence-corrected chi connectivity index (χ2v) is 8.26. The fourth-order valence-corrected chi connectivity index (χ4v) is 3.78. The molecule has 0 radical (unpaired) electrons. The molecule has 1 saturated carbocycles. The summed E-state index contributed by atoms with van der Waals surface area (Å²) in [5, 5.41) is 2.88. The summed E-state index contributed by atoms with van der Waals surface area (Å²) >= 11 is -2.85. The molecule has 23 heavy (non-hydrogen) atoms. The van der Waals surface area contributed by atoms with Crippen LogP contribution in [-0.2, 0) is 9.59 Å². The molecule has 0 atom stereocenters. The van der Waals surface area contributed by atoms with Crippen LogP contribution in [0.3, 0.4) is 0 Å². The number of nitrogens with zero attached hydrogens (tertiary/aromatic N) is 1. The van der Waals surface area contributed by atoms with E-state index in [0.29, 0.717) is 10.0 Å². The van der Waals surface area contributed by atoms with Crippen molar-refractivity contribution >= 4 is 37.2 Å². The molecule has 1 aliphatic rings. The molecule has 0 saturated heterocycles. The fourth-order valence-electron chi connectivity index (χ4n) is 2.90. The van der Waals surface area contributed by atoms with Crippen LogP contribution in [0.1, 0.15) is 32.6 Å². The molecule has 0 bridgehead atoms. The van der Waals surface area contributed by atoms with Crippen molar-refractivity contribution in [1.29, 1.82) is 0 Å². The van der Waals surface area contributed by atoms with Crippen molar-refractivity contribution < 1.29 is 17.8 Å². The first kappa shape index (κ1) is 18.0. The van der Waals surface area contributed by atoms with Gasteiger partial charge in [-0.1, -0.05) is 0 Å². The minimum absolute atomic E-state index is 0.0101. The standard InChI is InChI=1S/C16H23AsN2O4/c1-11(20)19(2)15-9-3-12(4-10-15)16(21)18-14-7-5-13(6-8-14)17(22)23/h5-8,12,15,22-23H,3-4,9-10H2,1-2H3,(H,18,21). The summed E-state index contributed by atoms with van der Waals surface area (Å²) in [6.45, 7) is 1.56. The summed E-state index contributed by atoms with van der Waals surface area (Å²) in [5.41, 5.74) is 0.664. The van der Waals surface area contributed by atoms with Crippen LogP contribution in [0, 0.1) is 5.92 Å². The summed E-state index contributed by atoms with van der Waals surface area (Å²) in [6.07, 6.45) is 3.23. The van der Waals surface area contributed by atoms with Gasteiger partial charge in [0.25, 0.3) is 0 Å². The monoisotopic (exact) mass is 382 g/mol. The van der Waals surface area contributed by atoms with E-state index in [4.69, 9.17) is 0 Å². The predicted molar refractivity (Wildman–Crippen MR) is 89.1 cm³/mol. The molecule has 1 aliphatic carbocycles. The number of carbonyl (C=O) groups is 2. The summed E-state index contributed by atoms with van der Waals surface area (Å²) in [4.78, 5) is 25.5. The molecule has 0 unspecified atom stereocenters. The van der Waals surface area contributed by atoms with Gasteiger partial charge in [0.2, 0.25) is 0 Å². The quantitative estimate of drug-likeness (QED) is 0.656. The van der Waals surface area contributed by atoms with E-state index in [-0.39, 0.29) is 23.8 Å². The van der Waals surface area contributed by atoms with E-state index in [9.17, 15) is 17.8 Å². The molecular formula is C16H23AsN2O4. The number of benzene rings is 1. The van der Waals surface area contributed by atoms with Crippen molar-refractivity contribution in [2.75, 3.05) is 12.4 Å². The van der Waals surface area contributed by atoms with Gasteiger partial charge in [-0.3, -0.25) is 4.79 Å². The third kappa shape index (κ3) is 4.80. The van der Waals surface area contributed by atoms with E-state index in [1.54, 1.807) is 36.1 Å². The van der Waals surface area contributed by atoms with E-state index >= 15 is 0 Å². The molecule has 0 aliphatic heterocycles. The Balaban J connectivity index is 1.86. The first-order valence-corrected chi connectivity index (χ1v) is 10.3. The van der Waals surface area contributed by atoms with Crippen LogP contribution < -0.4 is 9.67 Å². The third-order valence-corrected chi connectivity index (χ3v) is 6.07. The van der Waals surface area contributed by atoms with Crippen molar-refractivity contribution in [1.82, 2.24) is 4.90 Å². The van der Waals surface area contributed by atoms with Gasteiger partial charge in [-0.25, -0.2) is 0 Å². The summed E-state index contributed by atoms with van der Waals surface area (Å²) in [5.74, 6) is 0.0152. The van der Waals surface area contributed by atoms with E-state index in [1.807, 2.05) is 7.05 Å². The number of hydrogen-bond donors (Lipinski definition) is 3. The Morgan fingerprint density at radius 1 is 1.13 bits per heavy atom. The number of rotatable bonds is 4. The summed E-state index contributed by atoms with van der Waals surface area (Å²) in [6, 6.07) is 6.88. The van der Waals surface area contributed by atoms with Gasteiger partial charge in [-0.2, -0.15) is 0 Å². The zero-order valence-electron chi connectivity index (χ0n) is 13.4. The van der Waals surface area contributed by atoms with Crippen molar-refractivity contribution in [3.63, 3.8) is 0 Å². The summed E-state index contributed by atoms with van der Waals surface area (Å²) < 4.78 is 18.9. The van der Waals surface area contributed by atoms with Gasteiger partial charge < -0.3 is 0 Å². The first-order chi connectivity index (χ1) is 10.9. The van der Waals surface area contributed by atoms with Crippen LogP contribution >= 0.6 is 0 Å². The molecule has 3 N–H and O–H groups in total. The van der Waals surface area contributed by atoms with Crippen molar-refractivity contribution in [2.24, 2.45) is 5.92 Å². The molecule has 6 nitrogen and oxygen atoms in total. The van der Waals surface area contributed by atoms with Crippen LogP contribution in [0.25, 0.3) is 0 Å². The molecule has 1 fully saturated rings. The molecule has 1 aromatic carbocycles. The van der Waals surface area contributed by atoms with Crippen LogP contribution in [0.4, 0.5) is 5.69 Å². The molecule has 7 heteroatoms. The number of hydrogen-bond acceptors (Lipinski definition) is 4. The zero-order valence-corrected chi connectivity index (χ0v) is 15.3. The van der Waals surface area contributed by atoms with Gasteiger partial charge in [0.1, 0.15) is 0 Å². The molecule has 0 heterocycles. The molecular weight excluding hydrogens is 359 g/mol. The van der Waals surface area contributed by atoms with Crippen molar-refractivity contribution in [3.05, 3.63) is 24.3 Å². The second-order valence-electron chi connectivity index (χ2n) is 5.96. The number of carbonyl (C=O) groups excluding carboxylic acids is 2. The SMILES string of the molecule is CC(=O)N(C)C1CCC(C(=O)Nc2ccc([As](O)O)cc2)CC1. The molecule has 0 aromatic heterocycles. The van der Waals surface area contributed by atoms with Crippen LogP contribution in [-0.4, -0.2) is 53.3 Å². The number of nitrogens with one attached hydrogen (secondary N) is 1. The van der Waals surface area contributed by atoms with Gasteiger partial charge in [-0.05, 0) is 0 Å². The van der Waals surface area contributed by atoms with Crippen molar-refractivity contribution in [3.8, 4) is 0 Å². The number of amides is 2. The van der Waals surface area contributed by atoms with E-state index < -0.39 is 15.3 Å². The van der Waals surface area contributed by atoms with Gasteiger partial charge >= 0.3 is 129 Å². The van der Waals surface area contributed by atoms with Gasteiger partial charge in [0.05, 0.1) is 0 Å².